The minimum absolute atomic E-state index is 0.0237. The van der Waals surface area contributed by atoms with Crippen LogP contribution < -0.4 is 5.69 Å². The average molecular weight is 346 g/mol. The molecule has 0 aliphatic carbocycles. The molecule has 1 aliphatic rings. The zero-order valence-corrected chi connectivity index (χ0v) is 15.6. The molecule has 136 valence electrons. The number of amides is 1. The summed E-state index contributed by atoms with van der Waals surface area (Å²) < 4.78 is 4.89. The van der Waals surface area contributed by atoms with Gasteiger partial charge in [-0.1, -0.05) is 0 Å². The molecule has 0 aromatic carbocycles. The number of carbonyl (C=O) groups excluding carboxylic acids is 1. The first-order valence-electron chi connectivity index (χ1n) is 8.75. The van der Waals surface area contributed by atoms with Gasteiger partial charge in [0.15, 0.2) is 5.69 Å². The topological polar surface area (TPSA) is 78.0 Å². The van der Waals surface area contributed by atoms with Gasteiger partial charge in [0, 0.05) is 44.8 Å². The maximum absolute atomic E-state index is 12.6. The van der Waals surface area contributed by atoms with Crippen molar-refractivity contribution < 1.29 is 4.79 Å². The van der Waals surface area contributed by atoms with Crippen molar-refractivity contribution in [1.82, 2.24) is 29.0 Å². The van der Waals surface area contributed by atoms with Crippen LogP contribution in [0.1, 0.15) is 60.7 Å². The van der Waals surface area contributed by atoms with Crippen molar-refractivity contribution in [3.8, 4) is 0 Å². The minimum Gasteiger partial charge on any atom is -0.337 e. The van der Waals surface area contributed by atoms with Gasteiger partial charge in [-0.3, -0.25) is 14.0 Å². The summed E-state index contributed by atoms with van der Waals surface area (Å²) in [7, 11) is 3.53. The van der Waals surface area contributed by atoms with Gasteiger partial charge in [0.25, 0.3) is 5.91 Å². The van der Waals surface area contributed by atoms with Gasteiger partial charge in [-0.25, -0.2) is 9.48 Å². The number of aryl methyl sites for hydroxylation is 3. The number of rotatable bonds is 3. The highest BCUT2D eigenvalue weighted by Crippen LogP contribution is 2.28. The van der Waals surface area contributed by atoms with E-state index in [0.717, 1.165) is 24.4 Å². The van der Waals surface area contributed by atoms with Gasteiger partial charge in [0.05, 0.1) is 0 Å². The summed E-state index contributed by atoms with van der Waals surface area (Å²) >= 11 is 0. The fourth-order valence-corrected chi connectivity index (χ4v) is 3.43. The number of carbonyl (C=O) groups is 1. The Morgan fingerprint density at radius 2 is 1.80 bits per heavy atom. The Hall–Kier alpha value is -2.38. The Balaban J connectivity index is 1.73. The van der Waals surface area contributed by atoms with Crippen LogP contribution >= 0.6 is 0 Å². The van der Waals surface area contributed by atoms with Gasteiger partial charge in [-0.2, -0.15) is 10.2 Å². The average Bonchev–Trinajstić information content (AvgIpc) is 3.07. The van der Waals surface area contributed by atoms with Crippen LogP contribution in [0, 0.1) is 6.92 Å². The lowest BCUT2D eigenvalue weighted by atomic mass is 9.95. The van der Waals surface area contributed by atoms with Crippen molar-refractivity contribution in [2.24, 2.45) is 14.1 Å². The third kappa shape index (κ3) is 3.12. The second kappa shape index (κ2) is 6.50. The molecule has 1 fully saturated rings. The summed E-state index contributed by atoms with van der Waals surface area (Å²) in [6.45, 7) is 7.23. The van der Waals surface area contributed by atoms with Crippen molar-refractivity contribution in [2.45, 2.75) is 45.6 Å². The third-order valence-electron chi connectivity index (χ3n) is 4.98. The van der Waals surface area contributed by atoms with Gasteiger partial charge in [0.2, 0.25) is 0 Å². The van der Waals surface area contributed by atoms with E-state index < -0.39 is 0 Å². The van der Waals surface area contributed by atoms with E-state index in [2.05, 4.69) is 10.2 Å². The normalized spacial score (nSPS) is 16.0. The van der Waals surface area contributed by atoms with E-state index in [0.29, 0.717) is 18.8 Å². The molecule has 3 heterocycles. The Morgan fingerprint density at radius 1 is 1.16 bits per heavy atom. The first-order valence-corrected chi connectivity index (χ1v) is 8.75. The molecule has 0 atom stereocenters. The van der Waals surface area contributed by atoms with Crippen LogP contribution in [0.15, 0.2) is 10.9 Å². The maximum atomic E-state index is 12.6. The van der Waals surface area contributed by atoms with Crippen molar-refractivity contribution in [3.05, 3.63) is 33.8 Å². The highest BCUT2D eigenvalue weighted by atomic mass is 16.2. The molecular weight excluding hydrogens is 320 g/mol. The first kappa shape index (κ1) is 17.4. The van der Waals surface area contributed by atoms with Crippen LogP contribution in [-0.2, 0) is 14.1 Å². The minimum atomic E-state index is -0.0764. The van der Waals surface area contributed by atoms with Crippen LogP contribution in [-0.4, -0.2) is 48.0 Å². The quantitative estimate of drug-likeness (QED) is 0.837. The predicted molar refractivity (Wildman–Crippen MR) is 93.7 cm³/mol. The van der Waals surface area contributed by atoms with Crippen LogP contribution in [0.5, 0.6) is 0 Å². The van der Waals surface area contributed by atoms with Gasteiger partial charge in [-0.15, -0.1) is 0 Å². The molecule has 8 heteroatoms. The van der Waals surface area contributed by atoms with E-state index in [1.807, 2.05) is 38.8 Å². The molecule has 1 saturated heterocycles. The number of likely N-dealkylation sites (tertiary alicyclic amines) is 1. The lowest BCUT2D eigenvalue weighted by Gasteiger charge is -2.31. The van der Waals surface area contributed by atoms with Crippen molar-refractivity contribution in [3.63, 3.8) is 0 Å². The van der Waals surface area contributed by atoms with Crippen LogP contribution in [0.2, 0.25) is 0 Å². The van der Waals surface area contributed by atoms with E-state index in [1.165, 1.54) is 4.68 Å². The summed E-state index contributed by atoms with van der Waals surface area (Å²) in [5, 5.41) is 8.73. The van der Waals surface area contributed by atoms with Crippen molar-refractivity contribution >= 4 is 5.91 Å². The van der Waals surface area contributed by atoms with Gasteiger partial charge < -0.3 is 4.90 Å². The van der Waals surface area contributed by atoms with Crippen LogP contribution in [0.3, 0.4) is 0 Å². The van der Waals surface area contributed by atoms with E-state index in [4.69, 9.17) is 0 Å². The summed E-state index contributed by atoms with van der Waals surface area (Å²) in [6.07, 6.45) is 1.61. The van der Waals surface area contributed by atoms with E-state index >= 15 is 0 Å². The monoisotopic (exact) mass is 346 g/mol. The molecule has 1 aliphatic heterocycles. The largest absolute Gasteiger partial charge is 0.345 e. The van der Waals surface area contributed by atoms with E-state index in [-0.39, 0.29) is 23.6 Å². The number of hydrogen-bond acceptors (Lipinski definition) is 4. The number of nitrogens with zero attached hydrogens (tertiary/aromatic N) is 6. The maximum Gasteiger partial charge on any atom is 0.345 e. The summed E-state index contributed by atoms with van der Waals surface area (Å²) in [6, 6.07) is 1.90. The molecule has 0 N–H and O–H groups in total. The number of aromatic nitrogens is 5. The Kier molecular flexibility index (Phi) is 4.53. The predicted octanol–water partition coefficient (Wildman–Crippen LogP) is 1.22. The molecule has 2 aromatic rings. The Bertz CT molecular complexity index is 816. The smallest absolute Gasteiger partial charge is 0.337 e. The Morgan fingerprint density at radius 3 is 2.32 bits per heavy atom. The van der Waals surface area contributed by atoms with Crippen molar-refractivity contribution in [2.75, 3.05) is 13.1 Å². The standard InChI is InChI=1S/C17H26N6O2/c1-11(2)23-15(19-21(5)17(23)25)13-6-8-22(9-7-13)16(24)14-10-12(3)20(4)18-14/h10-11,13H,6-9H2,1-5H3. The third-order valence-corrected chi connectivity index (χ3v) is 4.98. The van der Waals surface area contributed by atoms with Gasteiger partial charge >= 0.3 is 5.69 Å². The summed E-state index contributed by atoms with van der Waals surface area (Å²) in [4.78, 5) is 26.7. The molecule has 2 aromatic heterocycles. The molecule has 1 amide bonds. The van der Waals surface area contributed by atoms with E-state index in [9.17, 15) is 9.59 Å². The molecule has 0 radical (unpaired) electrons. The Labute approximate surface area is 147 Å². The molecule has 0 bridgehead atoms. The van der Waals surface area contributed by atoms with Crippen LogP contribution in [0.4, 0.5) is 0 Å². The highest BCUT2D eigenvalue weighted by Gasteiger charge is 2.30. The molecule has 0 saturated carbocycles. The SMILES string of the molecule is Cc1cc(C(=O)N2CCC(c3nn(C)c(=O)n3C(C)C)CC2)nn1C. The molecule has 3 rings (SSSR count). The van der Waals surface area contributed by atoms with Gasteiger partial charge in [-0.05, 0) is 39.7 Å². The number of piperidine rings is 1. The van der Waals surface area contributed by atoms with E-state index in [1.54, 1.807) is 16.3 Å². The van der Waals surface area contributed by atoms with Crippen LogP contribution in [0.25, 0.3) is 0 Å². The lowest BCUT2D eigenvalue weighted by molar-refractivity contribution is 0.0703. The summed E-state index contributed by atoms with van der Waals surface area (Å²) in [5.74, 6) is 1.01. The molecule has 25 heavy (non-hydrogen) atoms. The zero-order chi connectivity index (χ0) is 18.3. The first-order chi connectivity index (χ1) is 11.8. The second-order valence-electron chi connectivity index (χ2n) is 7.09. The van der Waals surface area contributed by atoms with Gasteiger partial charge in [0.1, 0.15) is 5.82 Å². The highest BCUT2D eigenvalue weighted by molar-refractivity contribution is 5.92. The van der Waals surface area contributed by atoms with Crippen molar-refractivity contribution in [1.29, 1.82) is 0 Å². The molecular formula is C17H26N6O2. The zero-order valence-electron chi connectivity index (χ0n) is 15.6. The molecule has 0 unspecified atom stereocenters. The number of hydrogen-bond donors (Lipinski definition) is 0. The second-order valence-corrected chi connectivity index (χ2v) is 7.09. The lowest BCUT2D eigenvalue weighted by Crippen LogP contribution is -2.39. The summed E-state index contributed by atoms with van der Waals surface area (Å²) in [5.41, 5.74) is 1.38. The fourth-order valence-electron chi connectivity index (χ4n) is 3.43. The molecule has 0 spiro atoms. The fraction of sp³-hybridized carbons (Fsp3) is 0.647. The molecule has 8 nitrogen and oxygen atoms in total.